The van der Waals surface area contributed by atoms with Gasteiger partial charge >= 0.3 is 5.97 Å². The maximum atomic E-state index is 11.0. The van der Waals surface area contributed by atoms with Crippen molar-refractivity contribution in [2.24, 2.45) is 0 Å². The molecule has 1 unspecified atom stereocenters. The highest BCUT2D eigenvalue weighted by Gasteiger charge is 2.20. The van der Waals surface area contributed by atoms with E-state index in [1.807, 2.05) is 36.5 Å². The van der Waals surface area contributed by atoms with Crippen LogP contribution in [0.4, 0.5) is 0 Å². The lowest BCUT2D eigenvalue weighted by Gasteiger charge is -2.14. The van der Waals surface area contributed by atoms with Crippen LogP contribution in [0.25, 0.3) is 0 Å². The van der Waals surface area contributed by atoms with E-state index >= 15 is 0 Å². The molecule has 1 rings (SSSR count). The van der Waals surface area contributed by atoms with Gasteiger partial charge in [-0.3, -0.25) is 4.79 Å². The van der Waals surface area contributed by atoms with Gasteiger partial charge in [-0.15, -0.1) is 11.3 Å². The molecule has 0 aliphatic heterocycles. The van der Waals surface area contributed by atoms with Crippen molar-refractivity contribution in [2.75, 3.05) is 20.6 Å². The summed E-state index contributed by atoms with van der Waals surface area (Å²) < 4.78 is 0. The SMILES string of the molecule is CN(C)CCC(C(=O)O)c1cccs1. The van der Waals surface area contributed by atoms with E-state index in [4.69, 9.17) is 5.11 Å². The van der Waals surface area contributed by atoms with Crippen LogP contribution >= 0.6 is 11.3 Å². The number of nitrogens with zero attached hydrogens (tertiary/aromatic N) is 1. The van der Waals surface area contributed by atoms with Crippen molar-refractivity contribution in [2.45, 2.75) is 12.3 Å². The normalized spacial score (nSPS) is 13.1. The van der Waals surface area contributed by atoms with Crippen LogP contribution in [0.15, 0.2) is 17.5 Å². The fourth-order valence-corrected chi connectivity index (χ4v) is 2.12. The largest absolute Gasteiger partial charge is 0.481 e. The van der Waals surface area contributed by atoms with Crippen LogP contribution in [0.3, 0.4) is 0 Å². The molecule has 1 aromatic rings. The number of hydrogen-bond donors (Lipinski definition) is 1. The van der Waals surface area contributed by atoms with Crippen molar-refractivity contribution < 1.29 is 9.90 Å². The predicted molar refractivity (Wildman–Crippen MR) is 57.9 cm³/mol. The molecule has 1 atom stereocenters. The molecule has 1 aromatic heterocycles. The third kappa shape index (κ3) is 3.12. The summed E-state index contributed by atoms with van der Waals surface area (Å²) in [5.74, 6) is -1.08. The second kappa shape index (κ2) is 5.12. The van der Waals surface area contributed by atoms with Crippen LogP contribution in [0.5, 0.6) is 0 Å². The average molecular weight is 213 g/mol. The Balaban J connectivity index is 2.61. The van der Waals surface area contributed by atoms with Crippen LogP contribution < -0.4 is 0 Å². The quantitative estimate of drug-likeness (QED) is 0.811. The van der Waals surface area contributed by atoms with Crippen molar-refractivity contribution >= 4 is 17.3 Å². The second-order valence-electron chi connectivity index (χ2n) is 3.50. The molecule has 0 amide bonds. The van der Waals surface area contributed by atoms with Crippen molar-refractivity contribution in [1.29, 1.82) is 0 Å². The van der Waals surface area contributed by atoms with E-state index in [0.717, 1.165) is 11.4 Å². The van der Waals surface area contributed by atoms with E-state index < -0.39 is 5.97 Å². The standard InChI is InChI=1S/C10H15NO2S/c1-11(2)6-5-8(10(12)13)9-4-3-7-14-9/h3-4,7-8H,5-6H2,1-2H3,(H,12,13). The van der Waals surface area contributed by atoms with E-state index in [2.05, 4.69) is 0 Å². The number of carbonyl (C=O) groups is 1. The lowest BCUT2D eigenvalue weighted by molar-refractivity contribution is -0.138. The molecule has 78 valence electrons. The summed E-state index contributed by atoms with van der Waals surface area (Å²) >= 11 is 1.51. The Morgan fingerprint density at radius 3 is 2.79 bits per heavy atom. The van der Waals surface area contributed by atoms with E-state index in [-0.39, 0.29) is 5.92 Å². The minimum Gasteiger partial charge on any atom is -0.481 e. The summed E-state index contributed by atoms with van der Waals surface area (Å²) in [6.07, 6.45) is 0.669. The predicted octanol–water partition coefficient (Wildman–Crippen LogP) is 1.87. The average Bonchev–Trinajstić information content (AvgIpc) is 2.56. The van der Waals surface area contributed by atoms with Gasteiger partial charge in [-0.05, 0) is 38.5 Å². The molecule has 0 saturated carbocycles. The van der Waals surface area contributed by atoms with E-state index in [9.17, 15) is 4.79 Å². The first-order chi connectivity index (χ1) is 6.61. The number of aliphatic carboxylic acids is 1. The maximum Gasteiger partial charge on any atom is 0.311 e. The fraction of sp³-hybridized carbons (Fsp3) is 0.500. The number of carboxylic acids is 1. The third-order valence-electron chi connectivity index (χ3n) is 2.05. The zero-order valence-corrected chi connectivity index (χ0v) is 9.25. The molecule has 1 heterocycles. The summed E-state index contributed by atoms with van der Waals surface area (Å²) in [5, 5.41) is 11.0. The molecule has 0 aromatic carbocycles. The summed E-state index contributed by atoms with van der Waals surface area (Å²) in [5.41, 5.74) is 0. The van der Waals surface area contributed by atoms with Gasteiger partial charge in [0.15, 0.2) is 0 Å². The van der Waals surface area contributed by atoms with Gasteiger partial charge in [-0.2, -0.15) is 0 Å². The molecule has 0 fully saturated rings. The zero-order valence-electron chi connectivity index (χ0n) is 8.43. The Labute approximate surface area is 88.0 Å². The highest BCUT2D eigenvalue weighted by atomic mass is 32.1. The topological polar surface area (TPSA) is 40.5 Å². The number of thiophene rings is 1. The Kier molecular flexibility index (Phi) is 4.10. The Bertz CT molecular complexity index is 282. The van der Waals surface area contributed by atoms with E-state index in [0.29, 0.717) is 6.42 Å². The van der Waals surface area contributed by atoms with Crippen molar-refractivity contribution in [1.82, 2.24) is 4.90 Å². The van der Waals surface area contributed by atoms with Gasteiger partial charge in [0.05, 0.1) is 5.92 Å². The Morgan fingerprint density at radius 1 is 1.64 bits per heavy atom. The third-order valence-corrected chi connectivity index (χ3v) is 3.04. The van der Waals surface area contributed by atoms with E-state index in [1.54, 1.807) is 0 Å². The van der Waals surface area contributed by atoms with E-state index in [1.165, 1.54) is 11.3 Å². The highest BCUT2D eigenvalue weighted by Crippen LogP contribution is 2.24. The summed E-state index contributed by atoms with van der Waals surface area (Å²) in [6.45, 7) is 0.800. The summed E-state index contributed by atoms with van der Waals surface area (Å²) in [4.78, 5) is 13.9. The number of hydrogen-bond acceptors (Lipinski definition) is 3. The first kappa shape index (κ1) is 11.2. The first-order valence-electron chi connectivity index (χ1n) is 4.52. The lowest BCUT2D eigenvalue weighted by atomic mass is 10.0. The van der Waals surface area contributed by atoms with Gasteiger partial charge in [-0.25, -0.2) is 0 Å². The van der Waals surface area contributed by atoms with Crippen LogP contribution in [-0.4, -0.2) is 36.6 Å². The molecule has 3 nitrogen and oxygen atoms in total. The van der Waals surface area contributed by atoms with Gasteiger partial charge in [0.1, 0.15) is 0 Å². The molecule has 0 spiro atoms. The molecular weight excluding hydrogens is 198 g/mol. The van der Waals surface area contributed by atoms with Crippen LogP contribution in [-0.2, 0) is 4.79 Å². The molecule has 1 N–H and O–H groups in total. The van der Waals surface area contributed by atoms with Crippen LogP contribution in [0.2, 0.25) is 0 Å². The van der Waals surface area contributed by atoms with Gasteiger partial charge in [0, 0.05) is 4.88 Å². The van der Waals surface area contributed by atoms with Gasteiger partial charge in [0.2, 0.25) is 0 Å². The van der Waals surface area contributed by atoms with Crippen LogP contribution in [0.1, 0.15) is 17.2 Å². The van der Waals surface area contributed by atoms with Crippen LogP contribution in [0, 0.1) is 0 Å². The van der Waals surface area contributed by atoms with Gasteiger partial charge in [0.25, 0.3) is 0 Å². The molecule has 14 heavy (non-hydrogen) atoms. The second-order valence-corrected chi connectivity index (χ2v) is 4.48. The van der Waals surface area contributed by atoms with Crippen molar-refractivity contribution in [3.8, 4) is 0 Å². The lowest BCUT2D eigenvalue weighted by Crippen LogP contribution is -2.19. The minimum absolute atomic E-state index is 0.350. The molecular formula is C10H15NO2S. The smallest absolute Gasteiger partial charge is 0.311 e. The van der Waals surface area contributed by atoms with Crippen molar-refractivity contribution in [3.63, 3.8) is 0 Å². The molecule has 0 aliphatic carbocycles. The minimum atomic E-state index is -0.727. The maximum absolute atomic E-state index is 11.0. The molecule has 0 radical (unpaired) electrons. The molecule has 0 bridgehead atoms. The highest BCUT2D eigenvalue weighted by molar-refractivity contribution is 7.10. The molecule has 0 aliphatic rings. The summed E-state index contributed by atoms with van der Waals surface area (Å²) in [6, 6.07) is 3.78. The fourth-order valence-electron chi connectivity index (χ4n) is 1.26. The number of rotatable bonds is 5. The van der Waals surface area contributed by atoms with Gasteiger partial charge < -0.3 is 10.0 Å². The zero-order chi connectivity index (χ0) is 10.6. The van der Waals surface area contributed by atoms with Gasteiger partial charge in [-0.1, -0.05) is 6.07 Å². The Morgan fingerprint density at radius 2 is 2.36 bits per heavy atom. The molecule has 4 heteroatoms. The Hall–Kier alpha value is -0.870. The molecule has 0 saturated heterocycles. The first-order valence-corrected chi connectivity index (χ1v) is 5.40. The monoisotopic (exact) mass is 213 g/mol. The number of carboxylic acid groups (broad SMARTS) is 1. The summed E-state index contributed by atoms with van der Waals surface area (Å²) in [7, 11) is 3.90. The van der Waals surface area contributed by atoms with Crippen molar-refractivity contribution in [3.05, 3.63) is 22.4 Å².